The zero-order valence-electron chi connectivity index (χ0n) is 15.2. The topological polar surface area (TPSA) is 93.5 Å². The van der Waals surface area contributed by atoms with Gasteiger partial charge in [0.1, 0.15) is 11.6 Å². The monoisotopic (exact) mass is 405 g/mol. The van der Waals surface area contributed by atoms with E-state index < -0.39 is 16.6 Å². The van der Waals surface area contributed by atoms with E-state index in [0.29, 0.717) is 12.4 Å². The molecule has 0 spiro atoms. The highest BCUT2D eigenvalue weighted by Crippen LogP contribution is 2.22. The van der Waals surface area contributed by atoms with Gasteiger partial charge >= 0.3 is 0 Å². The number of ether oxygens (including phenoxy) is 1. The van der Waals surface area contributed by atoms with Gasteiger partial charge < -0.3 is 10.1 Å². The quantitative estimate of drug-likeness (QED) is 0.292. The summed E-state index contributed by atoms with van der Waals surface area (Å²) in [4.78, 5) is 22.7. The number of benzene rings is 2. The zero-order chi connectivity index (χ0) is 20.5. The molecule has 0 aliphatic heterocycles. The highest BCUT2D eigenvalue weighted by Gasteiger charge is 2.16. The van der Waals surface area contributed by atoms with Crippen LogP contribution in [0.25, 0.3) is 0 Å². The second-order valence-corrected chi connectivity index (χ2v) is 6.29. The van der Waals surface area contributed by atoms with E-state index in [1.54, 1.807) is 24.3 Å². The number of carbonyl (C=O) groups excluding carboxylic acids is 1. The summed E-state index contributed by atoms with van der Waals surface area (Å²) in [5.74, 6) is -0.850. The van der Waals surface area contributed by atoms with Gasteiger partial charge in [0.25, 0.3) is 11.6 Å². The maximum absolute atomic E-state index is 13.8. The molecule has 1 amide bonds. The lowest BCUT2D eigenvalue weighted by atomic mass is 10.2. The van der Waals surface area contributed by atoms with Crippen molar-refractivity contribution in [3.05, 3.63) is 64.0 Å². The number of rotatable bonds is 8. The number of nitro groups is 1. The Labute approximate surface area is 167 Å². The Morgan fingerprint density at radius 3 is 2.71 bits per heavy atom. The number of hydrogen-bond acceptors (Lipinski definition) is 5. The number of carbonyl (C=O) groups is 1. The second-order valence-electron chi connectivity index (χ2n) is 5.88. The number of nitrogens with zero attached hydrogens (tertiary/aromatic N) is 1. The Kier molecular flexibility index (Phi) is 7.82. The molecular formula is C19H20FN3O4S. The predicted octanol–water partition coefficient (Wildman–Crippen LogP) is 4.43. The first-order valence-corrected chi connectivity index (χ1v) is 9.11. The molecule has 2 rings (SSSR count). The van der Waals surface area contributed by atoms with Crippen molar-refractivity contribution in [3.8, 4) is 5.75 Å². The van der Waals surface area contributed by atoms with Gasteiger partial charge in [-0.15, -0.1) is 0 Å². The van der Waals surface area contributed by atoms with Crippen molar-refractivity contribution < 1.29 is 18.8 Å². The Hall–Kier alpha value is -3.07. The third kappa shape index (κ3) is 5.98. The summed E-state index contributed by atoms with van der Waals surface area (Å²) in [6.45, 7) is 2.57. The fourth-order valence-electron chi connectivity index (χ4n) is 2.36. The number of halogens is 1. The molecule has 7 nitrogen and oxygen atoms in total. The molecule has 9 heteroatoms. The van der Waals surface area contributed by atoms with Crippen molar-refractivity contribution in [2.75, 3.05) is 11.9 Å². The largest absolute Gasteiger partial charge is 0.493 e. The molecule has 0 fully saturated rings. The maximum atomic E-state index is 13.8. The summed E-state index contributed by atoms with van der Waals surface area (Å²) in [6, 6.07) is 9.68. The van der Waals surface area contributed by atoms with E-state index in [9.17, 15) is 19.3 Å². The van der Waals surface area contributed by atoms with Crippen LogP contribution in [-0.2, 0) is 0 Å². The number of unbranched alkanes of at least 4 members (excludes halogenated alkanes) is 2. The summed E-state index contributed by atoms with van der Waals surface area (Å²) >= 11 is 5.03. The van der Waals surface area contributed by atoms with E-state index in [1.807, 2.05) is 0 Å². The van der Waals surface area contributed by atoms with E-state index in [2.05, 4.69) is 17.6 Å². The summed E-state index contributed by atoms with van der Waals surface area (Å²) in [6.07, 6.45) is 2.95. The molecule has 2 N–H and O–H groups in total. The van der Waals surface area contributed by atoms with E-state index in [4.69, 9.17) is 17.0 Å². The first kappa shape index (κ1) is 21.2. The van der Waals surface area contributed by atoms with Crippen LogP contribution in [0.15, 0.2) is 42.5 Å². The average Bonchev–Trinajstić information content (AvgIpc) is 2.67. The second kappa shape index (κ2) is 10.3. The van der Waals surface area contributed by atoms with Crippen LogP contribution in [0.1, 0.15) is 36.5 Å². The van der Waals surface area contributed by atoms with Crippen LogP contribution in [0.5, 0.6) is 5.75 Å². The number of nitrogens with one attached hydrogen (secondary N) is 2. The van der Waals surface area contributed by atoms with Gasteiger partial charge in [-0.25, -0.2) is 4.39 Å². The molecule has 0 saturated heterocycles. The lowest BCUT2D eigenvalue weighted by molar-refractivity contribution is -0.384. The van der Waals surface area contributed by atoms with Crippen molar-refractivity contribution in [1.29, 1.82) is 0 Å². The molecule has 2 aromatic rings. The molecule has 148 valence electrons. The maximum Gasteiger partial charge on any atom is 0.271 e. The minimum absolute atomic E-state index is 0.190. The van der Waals surface area contributed by atoms with Crippen molar-refractivity contribution in [2.45, 2.75) is 26.2 Å². The summed E-state index contributed by atoms with van der Waals surface area (Å²) in [5, 5.41) is 15.5. The average molecular weight is 405 g/mol. The van der Waals surface area contributed by atoms with Crippen LogP contribution in [0.4, 0.5) is 15.8 Å². The Morgan fingerprint density at radius 2 is 2.00 bits per heavy atom. The van der Waals surface area contributed by atoms with Crippen molar-refractivity contribution in [2.24, 2.45) is 0 Å². The third-order valence-electron chi connectivity index (χ3n) is 3.77. The highest BCUT2D eigenvalue weighted by atomic mass is 32.1. The molecule has 0 bridgehead atoms. The van der Waals surface area contributed by atoms with Gasteiger partial charge in [0.05, 0.1) is 22.8 Å². The normalized spacial score (nSPS) is 10.2. The van der Waals surface area contributed by atoms with Crippen LogP contribution >= 0.6 is 12.2 Å². The fourth-order valence-corrected chi connectivity index (χ4v) is 2.56. The standard InChI is InChI=1S/C19H20FN3O4S/c1-2-3-6-11-27-17-8-5-4-7-14(17)18(24)22-19(28)21-16-12-13(23(25)26)9-10-15(16)20/h4-5,7-10,12H,2-3,6,11H2,1H3,(H2,21,22,24,28). The summed E-state index contributed by atoms with van der Waals surface area (Å²) < 4.78 is 19.5. The van der Waals surface area contributed by atoms with E-state index in [-0.39, 0.29) is 22.1 Å². The minimum atomic E-state index is -0.734. The van der Waals surface area contributed by atoms with E-state index >= 15 is 0 Å². The Bertz CT molecular complexity index is 876. The molecule has 0 atom stereocenters. The smallest absolute Gasteiger partial charge is 0.271 e. The summed E-state index contributed by atoms with van der Waals surface area (Å²) in [5.41, 5.74) is -0.227. The molecule has 0 aromatic heterocycles. The van der Waals surface area contributed by atoms with Crippen LogP contribution < -0.4 is 15.4 Å². The number of anilines is 1. The first-order valence-electron chi connectivity index (χ1n) is 8.70. The molecule has 0 unspecified atom stereocenters. The van der Waals surface area contributed by atoms with Gasteiger partial charge in [-0.05, 0) is 36.8 Å². The highest BCUT2D eigenvalue weighted by molar-refractivity contribution is 7.80. The molecule has 0 heterocycles. The lowest BCUT2D eigenvalue weighted by Crippen LogP contribution is -2.34. The molecular weight excluding hydrogens is 385 g/mol. The molecule has 0 aliphatic rings. The molecule has 0 aliphatic carbocycles. The SMILES string of the molecule is CCCCCOc1ccccc1C(=O)NC(=S)Nc1cc([N+](=O)[O-])ccc1F. The number of thiocarbonyl (C=S) groups is 1. The predicted molar refractivity (Wildman–Crippen MR) is 108 cm³/mol. The number of para-hydroxylation sites is 1. The first-order chi connectivity index (χ1) is 13.4. The van der Waals surface area contributed by atoms with Crippen LogP contribution in [0, 0.1) is 15.9 Å². The van der Waals surface area contributed by atoms with Crippen molar-refractivity contribution in [3.63, 3.8) is 0 Å². The van der Waals surface area contributed by atoms with Crippen LogP contribution in [0.2, 0.25) is 0 Å². The van der Waals surface area contributed by atoms with E-state index in [0.717, 1.165) is 37.5 Å². The van der Waals surface area contributed by atoms with Crippen LogP contribution in [0.3, 0.4) is 0 Å². The fraction of sp³-hybridized carbons (Fsp3) is 0.263. The van der Waals surface area contributed by atoms with Gasteiger partial charge in [0, 0.05) is 12.1 Å². The van der Waals surface area contributed by atoms with E-state index in [1.165, 1.54) is 0 Å². The van der Waals surface area contributed by atoms with Crippen molar-refractivity contribution in [1.82, 2.24) is 5.32 Å². The zero-order valence-corrected chi connectivity index (χ0v) is 16.1. The van der Waals surface area contributed by atoms with Gasteiger partial charge in [0.2, 0.25) is 0 Å². The van der Waals surface area contributed by atoms with Gasteiger partial charge in [0.15, 0.2) is 5.11 Å². The van der Waals surface area contributed by atoms with Gasteiger partial charge in [-0.3, -0.25) is 20.2 Å². The Balaban J connectivity index is 2.04. The number of amides is 1. The lowest BCUT2D eigenvalue weighted by Gasteiger charge is -2.13. The number of nitro benzene ring substituents is 1. The number of non-ortho nitro benzene ring substituents is 1. The molecule has 2 aromatic carbocycles. The molecule has 0 saturated carbocycles. The number of hydrogen-bond donors (Lipinski definition) is 2. The molecule has 0 radical (unpaired) electrons. The minimum Gasteiger partial charge on any atom is -0.493 e. The van der Waals surface area contributed by atoms with Crippen LogP contribution in [-0.4, -0.2) is 22.5 Å². The van der Waals surface area contributed by atoms with Gasteiger partial charge in [-0.1, -0.05) is 31.9 Å². The van der Waals surface area contributed by atoms with Crippen molar-refractivity contribution >= 4 is 34.6 Å². The molecule has 28 heavy (non-hydrogen) atoms. The summed E-state index contributed by atoms with van der Waals surface area (Å²) in [7, 11) is 0. The third-order valence-corrected chi connectivity index (χ3v) is 3.98. The Morgan fingerprint density at radius 1 is 1.25 bits per heavy atom. The van der Waals surface area contributed by atoms with Gasteiger partial charge in [-0.2, -0.15) is 0 Å².